The van der Waals surface area contributed by atoms with Crippen LogP contribution in [-0.2, 0) is 24.2 Å². The molecule has 0 spiro atoms. The van der Waals surface area contributed by atoms with Gasteiger partial charge in [0.25, 0.3) is 11.8 Å². The number of amides is 3. The summed E-state index contributed by atoms with van der Waals surface area (Å²) < 4.78 is 12.0. The molecule has 8 nitrogen and oxygen atoms in total. The maximum absolute atomic E-state index is 13.5. The van der Waals surface area contributed by atoms with Crippen molar-refractivity contribution in [1.29, 1.82) is 0 Å². The predicted octanol–water partition coefficient (Wildman–Crippen LogP) is 6.48. The fourth-order valence-electron chi connectivity index (χ4n) is 6.04. The lowest BCUT2D eigenvalue weighted by Crippen LogP contribution is -2.42. The number of hydrogen-bond donors (Lipinski definition) is 0. The van der Waals surface area contributed by atoms with Gasteiger partial charge in [-0.3, -0.25) is 9.59 Å². The first kappa shape index (κ1) is 29.1. The number of benzene rings is 3. The Bertz CT molecular complexity index is 1570. The number of nitrogens with zero attached hydrogens (tertiary/aromatic N) is 3. The van der Waals surface area contributed by atoms with E-state index in [2.05, 4.69) is 0 Å². The Morgan fingerprint density at radius 3 is 2.35 bits per heavy atom. The zero-order chi connectivity index (χ0) is 30.3. The van der Waals surface area contributed by atoms with E-state index in [1.807, 2.05) is 68.1 Å². The summed E-state index contributed by atoms with van der Waals surface area (Å²) in [5.41, 5.74) is 4.33. The first-order valence-electron chi connectivity index (χ1n) is 14.8. The normalized spacial score (nSPS) is 17.0. The van der Waals surface area contributed by atoms with Crippen LogP contribution in [0.5, 0.6) is 5.75 Å². The van der Waals surface area contributed by atoms with Gasteiger partial charge in [-0.15, -0.1) is 0 Å². The topological polar surface area (TPSA) is 79.4 Å². The maximum Gasteiger partial charge on any atom is 0.410 e. The third kappa shape index (κ3) is 6.07. The molecule has 0 bridgehead atoms. The van der Waals surface area contributed by atoms with E-state index >= 15 is 0 Å². The van der Waals surface area contributed by atoms with E-state index in [0.717, 1.165) is 35.3 Å². The third-order valence-electron chi connectivity index (χ3n) is 8.19. The van der Waals surface area contributed by atoms with E-state index in [1.165, 1.54) is 0 Å². The lowest BCUT2D eigenvalue weighted by molar-refractivity contribution is 0.0220. The molecule has 3 aromatic rings. The molecule has 43 heavy (non-hydrogen) atoms. The number of ether oxygens (including phenoxy) is 2. The van der Waals surface area contributed by atoms with E-state index in [1.54, 1.807) is 28.0 Å². The lowest BCUT2D eigenvalue weighted by Gasteiger charge is -2.34. The lowest BCUT2D eigenvalue weighted by atomic mass is 9.98. The fraction of sp³-hybridized carbons (Fsp3) is 0.382. The quantitative estimate of drug-likeness (QED) is 0.342. The van der Waals surface area contributed by atoms with Crippen molar-refractivity contribution in [3.05, 3.63) is 93.5 Å². The first-order valence-corrected chi connectivity index (χ1v) is 15.2. The van der Waals surface area contributed by atoms with Gasteiger partial charge in [0.15, 0.2) is 0 Å². The van der Waals surface area contributed by atoms with E-state index in [9.17, 15) is 14.4 Å². The summed E-state index contributed by atoms with van der Waals surface area (Å²) in [6, 6.07) is 18.7. The van der Waals surface area contributed by atoms with Gasteiger partial charge < -0.3 is 24.2 Å². The molecule has 3 amide bonds. The van der Waals surface area contributed by atoms with Crippen molar-refractivity contribution >= 4 is 35.2 Å². The number of fused-ring (bicyclic) bond motifs is 2. The second kappa shape index (κ2) is 11.6. The van der Waals surface area contributed by atoms with E-state index in [4.69, 9.17) is 21.1 Å². The SMILES string of the molecule is CC(C)(C)OC(=O)N1CCc2c(cccc2OC2CCN(C(=O)c3cccc(N4Cc5cccc(Cl)c5C4=O)c3)CC2)C1. The van der Waals surface area contributed by atoms with Crippen LogP contribution in [-0.4, -0.2) is 59.0 Å². The molecule has 1 fully saturated rings. The molecule has 0 unspecified atom stereocenters. The Kier molecular flexibility index (Phi) is 7.81. The van der Waals surface area contributed by atoms with Gasteiger partial charge in [0.1, 0.15) is 17.5 Å². The van der Waals surface area contributed by atoms with Crippen molar-refractivity contribution in [3.8, 4) is 5.75 Å². The van der Waals surface area contributed by atoms with Gasteiger partial charge in [-0.1, -0.05) is 41.9 Å². The van der Waals surface area contributed by atoms with Crippen LogP contribution in [0.3, 0.4) is 0 Å². The summed E-state index contributed by atoms with van der Waals surface area (Å²) >= 11 is 6.30. The number of carbonyl (C=O) groups excluding carboxylic acids is 3. The monoisotopic (exact) mass is 601 g/mol. The molecule has 6 rings (SSSR count). The minimum atomic E-state index is -0.532. The van der Waals surface area contributed by atoms with Crippen LogP contribution in [0.4, 0.5) is 10.5 Å². The Hall–Kier alpha value is -4.04. The highest BCUT2D eigenvalue weighted by Gasteiger charge is 2.32. The summed E-state index contributed by atoms with van der Waals surface area (Å²) in [5.74, 6) is 0.654. The van der Waals surface area contributed by atoms with Gasteiger partial charge in [0.05, 0.1) is 17.1 Å². The van der Waals surface area contributed by atoms with Crippen molar-refractivity contribution in [3.63, 3.8) is 0 Å². The largest absolute Gasteiger partial charge is 0.490 e. The molecule has 0 aromatic heterocycles. The van der Waals surface area contributed by atoms with Crippen molar-refractivity contribution < 1.29 is 23.9 Å². The molecule has 0 aliphatic carbocycles. The molecular formula is C34H36ClN3O5. The zero-order valence-corrected chi connectivity index (χ0v) is 25.5. The molecule has 3 heterocycles. The molecule has 3 aliphatic rings. The van der Waals surface area contributed by atoms with E-state index < -0.39 is 5.60 Å². The molecule has 0 radical (unpaired) electrons. The number of carbonyl (C=O) groups is 3. The number of anilines is 1. The second-order valence-corrected chi connectivity index (χ2v) is 12.8. The predicted molar refractivity (Wildman–Crippen MR) is 165 cm³/mol. The summed E-state index contributed by atoms with van der Waals surface area (Å²) in [7, 11) is 0. The highest BCUT2D eigenvalue weighted by molar-refractivity contribution is 6.35. The summed E-state index contributed by atoms with van der Waals surface area (Å²) in [5, 5.41) is 0.445. The van der Waals surface area contributed by atoms with Gasteiger partial charge >= 0.3 is 6.09 Å². The van der Waals surface area contributed by atoms with Gasteiger partial charge in [-0.05, 0) is 68.7 Å². The Labute approximate surface area is 257 Å². The van der Waals surface area contributed by atoms with Gasteiger partial charge in [-0.25, -0.2) is 4.79 Å². The smallest absolute Gasteiger partial charge is 0.410 e. The molecule has 3 aromatic carbocycles. The molecule has 0 saturated carbocycles. The number of halogens is 1. The van der Waals surface area contributed by atoms with E-state index in [-0.39, 0.29) is 24.0 Å². The van der Waals surface area contributed by atoms with Crippen LogP contribution in [0.25, 0.3) is 0 Å². The summed E-state index contributed by atoms with van der Waals surface area (Å²) in [6.07, 6.45) is 1.84. The minimum Gasteiger partial charge on any atom is -0.490 e. The zero-order valence-electron chi connectivity index (χ0n) is 24.8. The molecular weight excluding hydrogens is 566 g/mol. The average Bonchev–Trinajstić information content (AvgIpc) is 3.33. The molecule has 0 atom stereocenters. The molecule has 9 heteroatoms. The summed E-state index contributed by atoms with van der Waals surface area (Å²) in [6.45, 7) is 8.28. The second-order valence-electron chi connectivity index (χ2n) is 12.4. The van der Waals surface area contributed by atoms with Crippen molar-refractivity contribution in [2.75, 3.05) is 24.5 Å². The molecule has 224 valence electrons. The Balaban J connectivity index is 1.06. The minimum absolute atomic E-state index is 0.00348. The van der Waals surface area contributed by atoms with E-state index in [0.29, 0.717) is 61.0 Å². The van der Waals surface area contributed by atoms with Gasteiger partial charge in [-0.2, -0.15) is 0 Å². The molecule has 0 N–H and O–H groups in total. The van der Waals surface area contributed by atoms with Crippen molar-refractivity contribution in [2.24, 2.45) is 0 Å². The van der Waals surface area contributed by atoms with Crippen LogP contribution < -0.4 is 9.64 Å². The van der Waals surface area contributed by atoms with Crippen LogP contribution in [0, 0.1) is 0 Å². The Morgan fingerprint density at radius 2 is 1.60 bits per heavy atom. The summed E-state index contributed by atoms with van der Waals surface area (Å²) in [4.78, 5) is 44.4. The van der Waals surface area contributed by atoms with Crippen LogP contribution in [0.2, 0.25) is 5.02 Å². The van der Waals surface area contributed by atoms with Crippen LogP contribution >= 0.6 is 11.6 Å². The van der Waals surface area contributed by atoms with Crippen LogP contribution in [0.15, 0.2) is 60.7 Å². The Morgan fingerprint density at radius 1 is 0.884 bits per heavy atom. The third-order valence-corrected chi connectivity index (χ3v) is 8.50. The highest BCUT2D eigenvalue weighted by atomic mass is 35.5. The molecule has 3 aliphatic heterocycles. The number of likely N-dealkylation sites (tertiary alicyclic amines) is 1. The van der Waals surface area contributed by atoms with Gasteiger partial charge in [0.2, 0.25) is 0 Å². The van der Waals surface area contributed by atoms with Gasteiger partial charge in [0, 0.05) is 55.8 Å². The highest BCUT2D eigenvalue weighted by Crippen LogP contribution is 2.34. The molecule has 1 saturated heterocycles. The number of piperidine rings is 1. The number of hydrogen-bond acceptors (Lipinski definition) is 5. The van der Waals surface area contributed by atoms with Crippen LogP contribution in [0.1, 0.15) is 71.0 Å². The standard InChI is InChI=1S/C34H36ClN3O5/c1-34(2,3)43-33(41)37-18-15-27-23(20-37)8-6-12-29(27)42-26-13-16-36(17-14-26)31(39)22-7-4-10-25(19-22)38-21-24-9-5-11-28(35)30(24)32(38)40/h4-12,19,26H,13-18,20-21H2,1-3H3. The number of rotatable bonds is 4. The average molecular weight is 602 g/mol. The fourth-order valence-corrected chi connectivity index (χ4v) is 6.31. The van der Waals surface area contributed by atoms with Crippen molar-refractivity contribution in [1.82, 2.24) is 9.80 Å². The maximum atomic E-state index is 13.5. The first-order chi connectivity index (χ1) is 20.6. The van der Waals surface area contributed by atoms with Crippen molar-refractivity contribution in [2.45, 2.75) is 64.8 Å².